The van der Waals surface area contributed by atoms with E-state index < -0.39 is 6.09 Å². The minimum absolute atomic E-state index is 0.0367. The SMILES string of the molecule is CC(C)(C)c1ccccc1OC(=O)N[C@@H]1CC/C=C/CC[C@@H]1N. The van der Waals surface area contributed by atoms with Crippen molar-refractivity contribution in [1.82, 2.24) is 5.32 Å². The lowest BCUT2D eigenvalue weighted by Crippen LogP contribution is -2.48. The Balaban J connectivity index is 2.03. The number of nitrogens with one attached hydrogen (secondary N) is 1. The number of benzene rings is 1. The number of hydrogen-bond acceptors (Lipinski definition) is 3. The third kappa shape index (κ3) is 5.10. The van der Waals surface area contributed by atoms with Gasteiger partial charge in [-0.05, 0) is 37.2 Å². The average Bonchev–Trinajstić information content (AvgIpc) is 2.46. The van der Waals surface area contributed by atoms with E-state index in [1.54, 1.807) is 0 Å². The Morgan fingerprint density at radius 2 is 1.83 bits per heavy atom. The number of carbonyl (C=O) groups is 1. The Hall–Kier alpha value is -1.81. The predicted octanol–water partition coefficient (Wildman–Crippen LogP) is 3.90. The van der Waals surface area contributed by atoms with Crippen LogP contribution < -0.4 is 15.8 Å². The molecule has 0 unspecified atom stereocenters. The number of ether oxygens (including phenoxy) is 1. The molecule has 0 spiro atoms. The van der Waals surface area contributed by atoms with E-state index in [9.17, 15) is 4.79 Å². The van der Waals surface area contributed by atoms with Crippen molar-refractivity contribution >= 4 is 6.09 Å². The van der Waals surface area contributed by atoms with Crippen LogP contribution in [0.15, 0.2) is 36.4 Å². The fourth-order valence-corrected chi connectivity index (χ4v) is 2.85. The number of amides is 1. The number of hydrogen-bond donors (Lipinski definition) is 2. The van der Waals surface area contributed by atoms with Crippen molar-refractivity contribution in [3.63, 3.8) is 0 Å². The van der Waals surface area contributed by atoms with Gasteiger partial charge in [0, 0.05) is 17.6 Å². The first-order valence-corrected chi connectivity index (χ1v) is 8.36. The quantitative estimate of drug-likeness (QED) is 0.813. The van der Waals surface area contributed by atoms with Gasteiger partial charge in [-0.1, -0.05) is 51.1 Å². The van der Waals surface area contributed by atoms with Crippen LogP contribution in [0.3, 0.4) is 0 Å². The molecular formula is C19H28N2O2. The molecule has 4 nitrogen and oxygen atoms in total. The van der Waals surface area contributed by atoms with Gasteiger partial charge in [-0.25, -0.2) is 4.79 Å². The molecule has 4 heteroatoms. The zero-order valence-corrected chi connectivity index (χ0v) is 14.3. The van der Waals surface area contributed by atoms with E-state index >= 15 is 0 Å². The highest BCUT2D eigenvalue weighted by Gasteiger charge is 2.23. The summed E-state index contributed by atoms with van der Waals surface area (Å²) in [6.45, 7) is 6.30. The maximum atomic E-state index is 12.3. The van der Waals surface area contributed by atoms with Crippen LogP contribution in [-0.4, -0.2) is 18.2 Å². The maximum absolute atomic E-state index is 12.3. The number of rotatable bonds is 2. The van der Waals surface area contributed by atoms with Gasteiger partial charge >= 0.3 is 6.09 Å². The molecule has 1 aliphatic rings. The summed E-state index contributed by atoms with van der Waals surface area (Å²) in [7, 11) is 0. The molecule has 23 heavy (non-hydrogen) atoms. The van der Waals surface area contributed by atoms with Crippen LogP contribution in [0.2, 0.25) is 0 Å². The molecule has 1 aromatic carbocycles. The van der Waals surface area contributed by atoms with Crippen LogP contribution in [0.5, 0.6) is 5.75 Å². The lowest BCUT2D eigenvalue weighted by molar-refractivity contribution is 0.191. The van der Waals surface area contributed by atoms with E-state index in [4.69, 9.17) is 10.5 Å². The first kappa shape index (κ1) is 17.5. The number of para-hydroxylation sites is 1. The van der Waals surface area contributed by atoms with Crippen LogP contribution >= 0.6 is 0 Å². The van der Waals surface area contributed by atoms with Crippen LogP contribution in [0.1, 0.15) is 52.0 Å². The lowest BCUT2D eigenvalue weighted by atomic mass is 9.86. The first-order chi connectivity index (χ1) is 10.9. The molecule has 1 amide bonds. The van der Waals surface area contributed by atoms with Gasteiger partial charge in [0.1, 0.15) is 5.75 Å². The van der Waals surface area contributed by atoms with Crippen molar-refractivity contribution in [3.8, 4) is 5.75 Å². The summed E-state index contributed by atoms with van der Waals surface area (Å²) in [6, 6.07) is 7.59. The summed E-state index contributed by atoms with van der Waals surface area (Å²) < 4.78 is 5.57. The highest BCUT2D eigenvalue weighted by molar-refractivity contribution is 5.71. The van der Waals surface area contributed by atoms with Gasteiger partial charge in [-0.2, -0.15) is 0 Å². The molecule has 0 saturated heterocycles. The summed E-state index contributed by atoms with van der Waals surface area (Å²) in [5.41, 5.74) is 7.11. The standard InChI is InChI=1S/C19H28N2O2/c1-19(2,3)14-10-8-9-13-17(14)23-18(22)21-16-12-7-5-4-6-11-15(16)20/h4-5,8-10,13,15-16H,6-7,11-12,20H2,1-3H3,(H,21,22)/b5-4+/t15-,16+/m0/s1. The number of carbonyl (C=O) groups excluding carboxylic acids is 1. The molecule has 1 aromatic rings. The largest absolute Gasteiger partial charge is 0.412 e. The molecule has 0 saturated carbocycles. The number of allylic oxidation sites excluding steroid dienone is 2. The summed E-state index contributed by atoms with van der Waals surface area (Å²) in [5, 5.41) is 2.94. The molecular weight excluding hydrogens is 288 g/mol. The second-order valence-corrected chi connectivity index (χ2v) is 7.18. The average molecular weight is 316 g/mol. The molecule has 0 bridgehead atoms. The normalized spacial score (nSPS) is 23.5. The maximum Gasteiger partial charge on any atom is 0.412 e. The third-order valence-electron chi connectivity index (χ3n) is 4.20. The zero-order valence-electron chi connectivity index (χ0n) is 14.3. The Labute approximate surface area is 139 Å². The number of nitrogens with two attached hydrogens (primary N) is 1. The van der Waals surface area contributed by atoms with Gasteiger partial charge in [0.25, 0.3) is 0 Å². The molecule has 2 rings (SSSR count). The van der Waals surface area contributed by atoms with Gasteiger partial charge in [0.2, 0.25) is 0 Å². The monoisotopic (exact) mass is 316 g/mol. The molecule has 0 radical (unpaired) electrons. The van der Waals surface area contributed by atoms with E-state index in [0.29, 0.717) is 5.75 Å². The molecule has 3 N–H and O–H groups in total. The fraction of sp³-hybridized carbons (Fsp3) is 0.526. The predicted molar refractivity (Wildman–Crippen MR) is 93.7 cm³/mol. The zero-order chi connectivity index (χ0) is 16.9. The van der Waals surface area contributed by atoms with Gasteiger partial charge < -0.3 is 15.8 Å². The topological polar surface area (TPSA) is 64.3 Å². The van der Waals surface area contributed by atoms with Crippen molar-refractivity contribution in [1.29, 1.82) is 0 Å². The Morgan fingerprint density at radius 3 is 2.52 bits per heavy atom. The highest BCUT2D eigenvalue weighted by atomic mass is 16.6. The first-order valence-electron chi connectivity index (χ1n) is 8.36. The summed E-state index contributed by atoms with van der Waals surface area (Å²) in [4.78, 5) is 12.3. The van der Waals surface area contributed by atoms with Crippen LogP contribution in [0.4, 0.5) is 4.79 Å². The minimum Gasteiger partial charge on any atom is -0.410 e. The van der Waals surface area contributed by atoms with Crippen LogP contribution in [0.25, 0.3) is 0 Å². The van der Waals surface area contributed by atoms with Crippen LogP contribution in [0, 0.1) is 0 Å². The molecule has 2 atom stereocenters. The summed E-state index contributed by atoms with van der Waals surface area (Å²) in [6.07, 6.45) is 7.49. The van der Waals surface area contributed by atoms with Gasteiger partial charge in [0.15, 0.2) is 0 Å². The highest BCUT2D eigenvalue weighted by Crippen LogP contribution is 2.31. The summed E-state index contributed by atoms with van der Waals surface area (Å²) >= 11 is 0. The van der Waals surface area contributed by atoms with Gasteiger partial charge in [0.05, 0.1) is 0 Å². The van der Waals surface area contributed by atoms with Crippen LogP contribution in [-0.2, 0) is 5.41 Å². The Morgan fingerprint density at radius 1 is 1.17 bits per heavy atom. The van der Waals surface area contributed by atoms with E-state index in [1.807, 2.05) is 24.3 Å². The van der Waals surface area contributed by atoms with Crippen molar-refractivity contribution in [3.05, 3.63) is 42.0 Å². The van der Waals surface area contributed by atoms with Crippen molar-refractivity contribution in [2.75, 3.05) is 0 Å². The molecule has 0 fully saturated rings. The van der Waals surface area contributed by atoms with Crippen molar-refractivity contribution < 1.29 is 9.53 Å². The molecule has 0 aromatic heterocycles. The fourth-order valence-electron chi connectivity index (χ4n) is 2.85. The van der Waals surface area contributed by atoms with Crippen molar-refractivity contribution in [2.45, 2.75) is 64.0 Å². The smallest absolute Gasteiger partial charge is 0.410 e. The Kier molecular flexibility index (Phi) is 5.83. The third-order valence-corrected chi connectivity index (χ3v) is 4.20. The van der Waals surface area contributed by atoms with Gasteiger partial charge in [-0.3, -0.25) is 0 Å². The molecule has 1 aliphatic carbocycles. The van der Waals surface area contributed by atoms with Crippen molar-refractivity contribution in [2.24, 2.45) is 5.73 Å². The van der Waals surface area contributed by atoms with E-state index in [0.717, 1.165) is 31.2 Å². The second-order valence-electron chi connectivity index (χ2n) is 7.18. The molecule has 0 heterocycles. The van der Waals surface area contributed by atoms with Gasteiger partial charge in [-0.15, -0.1) is 0 Å². The van der Waals surface area contributed by atoms with E-state index in [2.05, 4.69) is 38.2 Å². The van der Waals surface area contributed by atoms with E-state index in [1.165, 1.54) is 0 Å². The molecule has 0 aliphatic heterocycles. The Bertz CT molecular complexity index is 561. The molecule has 126 valence electrons. The second kappa shape index (κ2) is 7.64. The lowest BCUT2D eigenvalue weighted by Gasteiger charge is -2.26. The minimum atomic E-state index is -0.424. The van der Waals surface area contributed by atoms with E-state index in [-0.39, 0.29) is 17.5 Å². The summed E-state index contributed by atoms with van der Waals surface area (Å²) in [5.74, 6) is 0.608.